The van der Waals surface area contributed by atoms with Crippen molar-refractivity contribution >= 4 is 22.4 Å². The molecule has 10 heteroatoms. The highest BCUT2D eigenvalue weighted by atomic mass is 35.5. The summed E-state index contributed by atoms with van der Waals surface area (Å²) in [6.45, 7) is -0.00750. The third-order valence-electron chi connectivity index (χ3n) is 3.29. The van der Waals surface area contributed by atoms with Crippen LogP contribution in [0.2, 0.25) is 0 Å². The second-order valence-corrected chi connectivity index (χ2v) is 6.62. The predicted molar refractivity (Wildman–Crippen MR) is 74.5 cm³/mol. The van der Waals surface area contributed by atoms with Crippen molar-refractivity contribution in [1.82, 2.24) is 4.72 Å². The van der Waals surface area contributed by atoms with Gasteiger partial charge in [0, 0.05) is 12.6 Å². The van der Waals surface area contributed by atoms with Crippen LogP contribution in [0.4, 0.5) is 17.6 Å². The molecular formula is C12H15ClF4N2O2S. The van der Waals surface area contributed by atoms with E-state index in [2.05, 4.69) is 4.72 Å². The maximum absolute atomic E-state index is 13.0. The van der Waals surface area contributed by atoms with Crippen LogP contribution < -0.4 is 10.5 Å². The number of nitrogens with one attached hydrogen (secondary N) is 1. The fourth-order valence-electron chi connectivity index (χ4n) is 2.06. The summed E-state index contributed by atoms with van der Waals surface area (Å²) < 4.78 is 78.0. The number of sulfonamides is 1. The van der Waals surface area contributed by atoms with Crippen molar-refractivity contribution in [2.75, 3.05) is 6.54 Å². The van der Waals surface area contributed by atoms with E-state index in [-0.39, 0.29) is 30.9 Å². The van der Waals surface area contributed by atoms with Gasteiger partial charge in [0.1, 0.15) is 5.82 Å². The van der Waals surface area contributed by atoms with Gasteiger partial charge in [0.25, 0.3) is 0 Å². The Kier molecular flexibility index (Phi) is 5.82. The van der Waals surface area contributed by atoms with Gasteiger partial charge in [0.2, 0.25) is 10.0 Å². The summed E-state index contributed by atoms with van der Waals surface area (Å²) in [7, 11) is -4.42. The van der Waals surface area contributed by atoms with Gasteiger partial charge in [-0.3, -0.25) is 0 Å². The van der Waals surface area contributed by atoms with E-state index in [4.69, 9.17) is 5.73 Å². The van der Waals surface area contributed by atoms with E-state index in [0.29, 0.717) is 12.1 Å². The number of nitrogens with two attached hydrogens (primary N) is 1. The van der Waals surface area contributed by atoms with Gasteiger partial charge < -0.3 is 5.73 Å². The molecule has 1 unspecified atom stereocenters. The fourth-order valence-corrected chi connectivity index (χ4v) is 3.58. The van der Waals surface area contributed by atoms with E-state index in [1.54, 1.807) is 0 Å². The molecule has 3 N–H and O–H groups in total. The lowest BCUT2D eigenvalue weighted by atomic mass is 10.2. The van der Waals surface area contributed by atoms with E-state index in [1.165, 1.54) is 0 Å². The molecule has 1 aliphatic rings. The zero-order valence-corrected chi connectivity index (χ0v) is 12.9. The molecule has 0 amide bonds. The lowest BCUT2D eigenvalue weighted by Crippen LogP contribution is -2.42. The maximum atomic E-state index is 13.0. The average molecular weight is 363 g/mol. The monoisotopic (exact) mass is 362 g/mol. The van der Waals surface area contributed by atoms with E-state index >= 15 is 0 Å². The minimum Gasteiger partial charge on any atom is -0.329 e. The third-order valence-corrected chi connectivity index (χ3v) is 4.84. The smallest absolute Gasteiger partial charge is 0.329 e. The Morgan fingerprint density at radius 2 is 1.91 bits per heavy atom. The normalized spacial score (nSPS) is 17.0. The summed E-state index contributed by atoms with van der Waals surface area (Å²) in [4.78, 5) is -0.990. The Balaban J connectivity index is 0.00000242. The molecule has 0 bridgehead atoms. The van der Waals surface area contributed by atoms with Gasteiger partial charge in [-0.25, -0.2) is 17.5 Å². The summed E-state index contributed by atoms with van der Waals surface area (Å²) in [6, 6.07) is 0.851. The number of alkyl halides is 3. The van der Waals surface area contributed by atoms with Crippen molar-refractivity contribution < 1.29 is 26.0 Å². The topological polar surface area (TPSA) is 72.2 Å². The molecule has 0 heterocycles. The molecule has 1 aromatic rings. The number of hydrogen-bond acceptors (Lipinski definition) is 3. The highest BCUT2D eigenvalue weighted by Crippen LogP contribution is 2.36. The summed E-state index contributed by atoms with van der Waals surface area (Å²) >= 11 is 0. The molecule has 1 saturated carbocycles. The summed E-state index contributed by atoms with van der Waals surface area (Å²) in [5.41, 5.74) is 3.91. The van der Waals surface area contributed by atoms with Crippen LogP contribution >= 0.6 is 12.4 Å². The van der Waals surface area contributed by atoms with Gasteiger partial charge in [0.05, 0.1) is 10.5 Å². The molecule has 1 aromatic carbocycles. The first-order valence-corrected chi connectivity index (χ1v) is 7.72. The van der Waals surface area contributed by atoms with Gasteiger partial charge in [-0.15, -0.1) is 12.4 Å². The van der Waals surface area contributed by atoms with Crippen LogP contribution in [0, 0.1) is 11.7 Å². The molecule has 1 atom stereocenters. The third kappa shape index (κ3) is 4.31. The number of rotatable bonds is 5. The number of halogens is 5. The second-order valence-electron chi connectivity index (χ2n) is 4.94. The Bertz CT molecular complexity index is 633. The largest absolute Gasteiger partial charge is 0.417 e. The first-order chi connectivity index (χ1) is 9.65. The predicted octanol–water partition coefficient (Wildman–Crippen LogP) is 2.28. The summed E-state index contributed by atoms with van der Waals surface area (Å²) in [5.74, 6) is -1.11. The van der Waals surface area contributed by atoms with Crippen molar-refractivity contribution in [3.63, 3.8) is 0 Å². The van der Waals surface area contributed by atoms with Gasteiger partial charge in [0.15, 0.2) is 0 Å². The highest BCUT2D eigenvalue weighted by Gasteiger charge is 2.39. The van der Waals surface area contributed by atoms with Crippen LogP contribution in [0.5, 0.6) is 0 Å². The average Bonchev–Trinajstić information content (AvgIpc) is 3.18. The van der Waals surface area contributed by atoms with Crippen LogP contribution in [-0.2, 0) is 16.2 Å². The maximum Gasteiger partial charge on any atom is 0.417 e. The second kappa shape index (κ2) is 6.69. The first kappa shape index (κ1) is 19.1. The van der Waals surface area contributed by atoms with Gasteiger partial charge >= 0.3 is 6.18 Å². The van der Waals surface area contributed by atoms with E-state index in [0.717, 1.165) is 12.8 Å². The molecule has 22 heavy (non-hydrogen) atoms. The molecule has 126 valence electrons. The molecular weight excluding hydrogens is 348 g/mol. The minimum atomic E-state index is -4.97. The number of benzene rings is 1. The molecule has 0 saturated heterocycles. The van der Waals surface area contributed by atoms with E-state index in [9.17, 15) is 26.0 Å². The summed E-state index contributed by atoms with van der Waals surface area (Å²) in [5, 5.41) is 0. The van der Waals surface area contributed by atoms with Crippen LogP contribution in [0.25, 0.3) is 0 Å². The molecule has 0 aromatic heterocycles. The summed E-state index contributed by atoms with van der Waals surface area (Å²) in [6.07, 6.45) is -3.41. The Labute approximate surface area is 131 Å². The van der Waals surface area contributed by atoms with Crippen LogP contribution in [0.3, 0.4) is 0 Å². The van der Waals surface area contributed by atoms with Crippen molar-refractivity contribution in [2.45, 2.75) is 30.0 Å². The Morgan fingerprint density at radius 3 is 2.36 bits per heavy atom. The quantitative estimate of drug-likeness (QED) is 0.789. The molecule has 0 aliphatic heterocycles. The van der Waals surface area contributed by atoms with E-state index < -0.39 is 38.5 Å². The Hall–Kier alpha value is -0.900. The molecule has 1 fully saturated rings. The molecule has 0 spiro atoms. The SMILES string of the molecule is Cl.NCC(NS(=O)(=O)c1ccc(F)cc1C(F)(F)F)C1CC1. The van der Waals surface area contributed by atoms with Crippen LogP contribution in [-0.4, -0.2) is 21.0 Å². The molecule has 1 aliphatic carbocycles. The number of hydrogen-bond donors (Lipinski definition) is 2. The van der Waals surface area contributed by atoms with E-state index in [1.807, 2.05) is 0 Å². The lowest BCUT2D eigenvalue weighted by Gasteiger charge is -2.19. The zero-order valence-electron chi connectivity index (χ0n) is 11.2. The molecule has 2 rings (SSSR count). The molecule has 4 nitrogen and oxygen atoms in total. The van der Waals surface area contributed by atoms with Crippen molar-refractivity contribution in [1.29, 1.82) is 0 Å². The van der Waals surface area contributed by atoms with Gasteiger partial charge in [-0.1, -0.05) is 0 Å². The van der Waals surface area contributed by atoms with Crippen molar-refractivity contribution in [3.8, 4) is 0 Å². The fraction of sp³-hybridized carbons (Fsp3) is 0.500. The van der Waals surface area contributed by atoms with Crippen molar-refractivity contribution in [2.24, 2.45) is 11.7 Å². The Morgan fingerprint density at radius 1 is 1.32 bits per heavy atom. The molecule has 0 radical (unpaired) electrons. The standard InChI is InChI=1S/C12H14F4N2O2S.ClH/c13-8-3-4-11(9(5-8)12(14,15)16)21(19,20)18-10(6-17)7-1-2-7;/h3-5,7,10,18H,1-2,6,17H2;1H. The van der Waals surface area contributed by atoms with Gasteiger partial charge in [-0.2, -0.15) is 13.2 Å². The highest BCUT2D eigenvalue weighted by molar-refractivity contribution is 7.89. The lowest BCUT2D eigenvalue weighted by molar-refractivity contribution is -0.140. The van der Waals surface area contributed by atoms with Crippen LogP contribution in [0.1, 0.15) is 18.4 Å². The van der Waals surface area contributed by atoms with Gasteiger partial charge in [-0.05, 0) is 37.0 Å². The van der Waals surface area contributed by atoms with Crippen LogP contribution in [0.15, 0.2) is 23.1 Å². The minimum absolute atomic E-state index is 0. The zero-order chi connectivity index (χ0) is 15.8. The van der Waals surface area contributed by atoms with Crippen molar-refractivity contribution in [3.05, 3.63) is 29.6 Å². The first-order valence-electron chi connectivity index (χ1n) is 6.24.